The van der Waals surface area contributed by atoms with Gasteiger partial charge in [-0.2, -0.15) is 0 Å². The Balaban J connectivity index is 1.96. The van der Waals surface area contributed by atoms with Crippen LogP contribution in [0.15, 0.2) is 18.2 Å². The maximum atomic E-state index is 11.0. The van der Waals surface area contributed by atoms with Gasteiger partial charge < -0.3 is 5.11 Å². The number of nitrogens with zero attached hydrogens (tertiary/aromatic N) is 3. The van der Waals surface area contributed by atoms with Crippen molar-refractivity contribution < 1.29 is 9.90 Å². The lowest BCUT2D eigenvalue weighted by Crippen LogP contribution is -2.01. The molecule has 0 aliphatic heterocycles. The first-order chi connectivity index (χ1) is 8.25. The number of aryl methyl sites for hydroxylation is 1. The molecule has 1 fully saturated rings. The first-order valence-electron chi connectivity index (χ1n) is 5.81. The summed E-state index contributed by atoms with van der Waals surface area (Å²) in [5.74, 6) is -0.123. The Morgan fingerprint density at radius 3 is 3.00 bits per heavy atom. The highest BCUT2D eigenvalue weighted by molar-refractivity contribution is 6.00. The van der Waals surface area contributed by atoms with Crippen LogP contribution in [0.5, 0.6) is 0 Å². The van der Waals surface area contributed by atoms with Crippen LogP contribution in [-0.4, -0.2) is 26.1 Å². The molecular formula is C12H13N3O2. The van der Waals surface area contributed by atoms with Gasteiger partial charge in [0.2, 0.25) is 0 Å². The van der Waals surface area contributed by atoms with E-state index < -0.39 is 5.97 Å². The van der Waals surface area contributed by atoms with Gasteiger partial charge in [0.25, 0.3) is 0 Å². The fourth-order valence-electron chi connectivity index (χ4n) is 2.04. The lowest BCUT2D eigenvalue weighted by Gasteiger charge is -2.01. The van der Waals surface area contributed by atoms with Crippen LogP contribution < -0.4 is 0 Å². The lowest BCUT2D eigenvalue weighted by molar-refractivity contribution is 0.0699. The van der Waals surface area contributed by atoms with E-state index in [0.717, 1.165) is 24.4 Å². The van der Waals surface area contributed by atoms with Crippen molar-refractivity contribution in [2.24, 2.45) is 5.92 Å². The first-order valence-corrected chi connectivity index (χ1v) is 5.81. The predicted molar refractivity (Wildman–Crippen MR) is 61.8 cm³/mol. The fraction of sp³-hybridized carbons (Fsp3) is 0.417. The summed E-state index contributed by atoms with van der Waals surface area (Å²) in [4.78, 5) is 11.0. The molecule has 1 N–H and O–H groups in total. The predicted octanol–water partition coefficient (Wildman–Crippen LogP) is 1.93. The number of aromatic nitrogens is 3. The average molecular weight is 231 g/mol. The second-order valence-electron chi connectivity index (χ2n) is 4.52. The molecule has 3 rings (SSSR count). The van der Waals surface area contributed by atoms with E-state index >= 15 is 0 Å². The Morgan fingerprint density at radius 2 is 2.29 bits per heavy atom. The summed E-state index contributed by atoms with van der Waals surface area (Å²) in [6.07, 6.45) is 3.73. The fourth-order valence-corrected chi connectivity index (χ4v) is 2.04. The lowest BCUT2D eigenvalue weighted by atomic mass is 10.2. The Bertz CT molecular complexity index is 572. The third-order valence-electron chi connectivity index (χ3n) is 3.22. The quantitative estimate of drug-likeness (QED) is 0.873. The number of rotatable bonds is 4. The summed E-state index contributed by atoms with van der Waals surface area (Å²) >= 11 is 0. The van der Waals surface area contributed by atoms with Crippen LogP contribution in [0.2, 0.25) is 0 Å². The molecule has 1 aromatic carbocycles. The minimum absolute atomic E-state index is 0.222. The zero-order valence-corrected chi connectivity index (χ0v) is 9.33. The SMILES string of the molecule is O=C(O)c1cccc2c1nnn2CCC1CC1. The average Bonchev–Trinajstić information content (AvgIpc) is 3.06. The highest BCUT2D eigenvalue weighted by Crippen LogP contribution is 2.33. The van der Waals surface area contributed by atoms with Gasteiger partial charge in [0.1, 0.15) is 5.52 Å². The van der Waals surface area contributed by atoms with Gasteiger partial charge in [0.05, 0.1) is 11.1 Å². The Hall–Kier alpha value is -1.91. The van der Waals surface area contributed by atoms with Crippen LogP contribution >= 0.6 is 0 Å². The molecule has 17 heavy (non-hydrogen) atoms. The Kier molecular flexibility index (Phi) is 2.31. The van der Waals surface area contributed by atoms with Crippen LogP contribution in [0.25, 0.3) is 11.0 Å². The maximum Gasteiger partial charge on any atom is 0.338 e. The molecule has 1 heterocycles. The van der Waals surface area contributed by atoms with Crippen molar-refractivity contribution in [2.75, 3.05) is 0 Å². The molecule has 0 bridgehead atoms. The van der Waals surface area contributed by atoms with Crippen molar-refractivity contribution in [2.45, 2.75) is 25.8 Å². The van der Waals surface area contributed by atoms with Crippen molar-refractivity contribution in [3.8, 4) is 0 Å². The Morgan fingerprint density at radius 1 is 1.47 bits per heavy atom. The largest absolute Gasteiger partial charge is 0.478 e. The Labute approximate surface area is 98.0 Å². The highest BCUT2D eigenvalue weighted by Gasteiger charge is 2.21. The number of hydrogen-bond acceptors (Lipinski definition) is 3. The van der Waals surface area contributed by atoms with E-state index in [4.69, 9.17) is 5.11 Å². The van der Waals surface area contributed by atoms with E-state index in [1.54, 1.807) is 16.8 Å². The summed E-state index contributed by atoms with van der Waals surface area (Å²) in [6, 6.07) is 5.17. The molecule has 0 radical (unpaired) electrons. The van der Waals surface area contributed by atoms with Crippen molar-refractivity contribution in [3.05, 3.63) is 23.8 Å². The maximum absolute atomic E-state index is 11.0. The molecule has 0 saturated heterocycles. The minimum atomic E-state index is -0.954. The van der Waals surface area contributed by atoms with Crippen LogP contribution in [0.3, 0.4) is 0 Å². The molecule has 1 aromatic heterocycles. The molecule has 2 aromatic rings. The minimum Gasteiger partial charge on any atom is -0.478 e. The summed E-state index contributed by atoms with van der Waals surface area (Å²) in [6.45, 7) is 0.824. The number of carboxylic acids is 1. The molecule has 0 amide bonds. The monoisotopic (exact) mass is 231 g/mol. The van der Waals surface area contributed by atoms with Gasteiger partial charge in [0.15, 0.2) is 0 Å². The van der Waals surface area contributed by atoms with Crippen molar-refractivity contribution >= 4 is 17.0 Å². The molecule has 0 unspecified atom stereocenters. The summed E-state index contributed by atoms with van der Waals surface area (Å²) in [7, 11) is 0. The topological polar surface area (TPSA) is 68.0 Å². The third kappa shape index (κ3) is 1.88. The number of carboxylic acid groups (broad SMARTS) is 1. The standard InChI is InChI=1S/C12H13N3O2/c16-12(17)9-2-1-3-10-11(9)13-14-15(10)7-6-8-4-5-8/h1-3,8H,4-7H2,(H,16,17). The number of fused-ring (bicyclic) bond motifs is 1. The summed E-state index contributed by atoms with van der Waals surface area (Å²) in [5, 5.41) is 17.1. The van der Waals surface area contributed by atoms with Crippen molar-refractivity contribution in [1.82, 2.24) is 15.0 Å². The molecular weight excluding hydrogens is 218 g/mol. The summed E-state index contributed by atoms with van der Waals surface area (Å²) in [5.41, 5.74) is 1.52. The van der Waals surface area contributed by atoms with E-state index in [0.29, 0.717) is 5.52 Å². The molecule has 0 spiro atoms. The zero-order valence-electron chi connectivity index (χ0n) is 9.33. The van der Waals surface area contributed by atoms with E-state index in [1.807, 2.05) is 6.07 Å². The van der Waals surface area contributed by atoms with Crippen LogP contribution in [0.4, 0.5) is 0 Å². The number of hydrogen-bond donors (Lipinski definition) is 1. The second kappa shape index (κ2) is 3.84. The van der Waals surface area contributed by atoms with E-state index in [-0.39, 0.29) is 5.56 Å². The first kappa shape index (κ1) is 10.3. The van der Waals surface area contributed by atoms with Gasteiger partial charge in [-0.3, -0.25) is 0 Å². The smallest absolute Gasteiger partial charge is 0.338 e. The molecule has 88 valence electrons. The number of carbonyl (C=O) groups is 1. The third-order valence-corrected chi connectivity index (χ3v) is 3.22. The van der Waals surface area contributed by atoms with Crippen LogP contribution in [-0.2, 0) is 6.54 Å². The second-order valence-corrected chi connectivity index (χ2v) is 4.52. The van der Waals surface area contributed by atoms with Crippen LogP contribution in [0.1, 0.15) is 29.6 Å². The van der Waals surface area contributed by atoms with E-state index in [2.05, 4.69) is 10.3 Å². The normalized spacial score (nSPS) is 15.3. The van der Waals surface area contributed by atoms with Gasteiger partial charge >= 0.3 is 5.97 Å². The van der Waals surface area contributed by atoms with Gasteiger partial charge in [-0.1, -0.05) is 24.1 Å². The molecule has 5 nitrogen and oxygen atoms in total. The van der Waals surface area contributed by atoms with Gasteiger partial charge in [-0.05, 0) is 24.5 Å². The highest BCUT2D eigenvalue weighted by atomic mass is 16.4. The summed E-state index contributed by atoms with van der Waals surface area (Å²) < 4.78 is 1.81. The van der Waals surface area contributed by atoms with E-state index in [9.17, 15) is 4.79 Å². The number of aromatic carboxylic acids is 1. The molecule has 5 heteroatoms. The van der Waals surface area contributed by atoms with Crippen molar-refractivity contribution in [1.29, 1.82) is 0 Å². The molecule has 0 atom stereocenters. The molecule has 1 aliphatic rings. The zero-order chi connectivity index (χ0) is 11.8. The molecule has 1 saturated carbocycles. The van der Waals surface area contributed by atoms with Crippen LogP contribution in [0, 0.1) is 5.92 Å². The van der Waals surface area contributed by atoms with Gasteiger partial charge in [0, 0.05) is 6.54 Å². The van der Waals surface area contributed by atoms with E-state index in [1.165, 1.54) is 12.8 Å². The van der Waals surface area contributed by atoms with Gasteiger partial charge in [-0.25, -0.2) is 9.48 Å². The van der Waals surface area contributed by atoms with Crippen molar-refractivity contribution in [3.63, 3.8) is 0 Å². The molecule has 1 aliphatic carbocycles. The number of benzene rings is 1. The van der Waals surface area contributed by atoms with Gasteiger partial charge in [-0.15, -0.1) is 5.10 Å².